The molecule has 2 aromatic rings. The van der Waals surface area contributed by atoms with Crippen molar-refractivity contribution in [2.24, 2.45) is 5.73 Å². The predicted octanol–water partition coefficient (Wildman–Crippen LogP) is 2.80. The van der Waals surface area contributed by atoms with Gasteiger partial charge in [0.2, 0.25) is 17.8 Å². The van der Waals surface area contributed by atoms with Gasteiger partial charge in [-0.3, -0.25) is 0 Å². The normalized spacial score (nSPS) is 18.4. The number of hydrogen-bond acceptors (Lipinski definition) is 10. The van der Waals surface area contributed by atoms with Crippen LogP contribution in [0.2, 0.25) is 0 Å². The Morgan fingerprint density at radius 2 is 1.76 bits per heavy atom. The number of aromatic nitrogens is 3. The van der Waals surface area contributed by atoms with Crippen molar-refractivity contribution in [2.75, 3.05) is 54.5 Å². The summed E-state index contributed by atoms with van der Waals surface area (Å²) in [6, 6.07) is 8.33. The van der Waals surface area contributed by atoms with Gasteiger partial charge in [0.15, 0.2) is 0 Å². The van der Waals surface area contributed by atoms with Gasteiger partial charge in [-0.2, -0.15) is 15.0 Å². The summed E-state index contributed by atoms with van der Waals surface area (Å²) in [7, 11) is 1.79. The lowest BCUT2D eigenvalue weighted by Gasteiger charge is -2.33. The summed E-state index contributed by atoms with van der Waals surface area (Å²) < 4.78 is 0. The highest BCUT2D eigenvalue weighted by molar-refractivity contribution is 5.59. The van der Waals surface area contributed by atoms with Gasteiger partial charge in [0.05, 0.1) is 6.54 Å². The molecule has 2 atom stereocenters. The van der Waals surface area contributed by atoms with Crippen molar-refractivity contribution in [3.05, 3.63) is 24.3 Å². The molecule has 0 spiro atoms. The summed E-state index contributed by atoms with van der Waals surface area (Å²) in [6.07, 6.45) is 5.46. The molecule has 10 heteroatoms. The van der Waals surface area contributed by atoms with E-state index < -0.39 is 5.72 Å². The quantitative estimate of drug-likeness (QED) is 0.208. The lowest BCUT2D eigenvalue weighted by atomic mass is 10.0. The highest BCUT2D eigenvalue weighted by Gasteiger charge is 2.18. The van der Waals surface area contributed by atoms with E-state index in [1.165, 1.54) is 25.8 Å². The maximum Gasteiger partial charge on any atom is 0.233 e. The van der Waals surface area contributed by atoms with Crippen LogP contribution in [0.5, 0.6) is 0 Å². The Labute approximate surface area is 196 Å². The van der Waals surface area contributed by atoms with E-state index in [9.17, 15) is 5.11 Å². The van der Waals surface area contributed by atoms with Crippen molar-refractivity contribution in [2.45, 2.75) is 57.7 Å². The smallest absolute Gasteiger partial charge is 0.233 e. The maximum atomic E-state index is 9.93. The van der Waals surface area contributed by atoms with E-state index in [-0.39, 0.29) is 6.54 Å². The van der Waals surface area contributed by atoms with E-state index in [1.54, 1.807) is 7.05 Å². The van der Waals surface area contributed by atoms with E-state index in [2.05, 4.69) is 48.0 Å². The zero-order valence-corrected chi connectivity index (χ0v) is 20.1. The van der Waals surface area contributed by atoms with Crippen LogP contribution in [-0.4, -0.2) is 70.0 Å². The molecule has 1 aromatic carbocycles. The summed E-state index contributed by atoms with van der Waals surface area (Å²) in [6.45, 7) is 7.54. The van der Waals surface area contributed by atoms with Crippen LogP contribution in [0.3, 0.4) is 0 Å². The molecule has 0 bridgehead atoms. The third-order valence-electron chi connectivity index (χ3n) is 6.06. The summed E-state index contributed by atoms with van der Waals surface area (Å²) in [5.74, 6) is 1.51. The summed E-state index contributed by atoms with van der Waals surface area (Å²) in [5.41, 5.74) is 6.26. The molecule has 0 saturated carbocycles. The molecule has 0 radical (unpaired) electrons. The Morgan fingerprint density at radius 3 is 2.45 bits per heavy atom. The number of likely N-dealkylation sites (tertiary alicyclic amines) is 1. The van der Waals surface area contributed by atoms with Gasteiger partial charge in [-0.05, 0) is 63.4 Å². The molecule has 1 aromatic heterocycles. The molecular formula is C23H39N9O. The van der Waals surface area contributed by atoms with Crippen molar-refractivity contribution in [3.63, 3.8) is 0 Å². The Bertz CT molecular complexity index is 860. The molecule has 1 aliphatic heterocycles. The van der Waals surface area contributed by atoms with Gasteiger partial charge < -0.3 is 37.0 Å². The molecule has 1 fully saturated rings. The Balaban J connectivity index is 1.53. The number of aliphatic hydroxyl groups is 1. The Hall–Kier alpha value is -2.69. The van der Waals surface area contributed by atoms with E-state index in [4.69, 9.17) is 5.73 Å². The molecule has 3 rings (SSSR count). The SMILES string of the molecule is CCC(N)(O)CNc1ccc(Nc2nc(NC)nc(NCCCN3CCCCC3C)n2)cc1. The second-order valence-corrected chi connectivity index (χ2v) is 8.73. The van der Waals surface area contributed by atoms with Crippen LogP contribution in [0.4, 0.5) is 29.2 Å². The van der Waals surface area contributed by atoms with Crippen molar-refractivity contribution in [1.82, 2.24) is 19.9 Å². The van der Waals surface area contributed by atoms with Gasteiger partial charge in [0.1, 0.15) is 5.72 Å². The fraction of sp³-hybridized carbons (Fsp3) is 0.609. The third-order valence-corrected chi connectivity index (χ3v) is 6.06. The van der Waals surface area contributed by atoms with Crippen LogP contribution in [0.25, 0.3) is 0 Å². The van der Waals surface area contributed by atoms with Crippen LogP contribution in [0, 0.1) is 0 Å². The first-order valence-electron chi connectivity index (χ1n) is 11.9. The van der Waals surface area contributed by atoms with Gasteiger partial charge in [-0.25, -0.2) is 0 Å². The highest BCUT2D eigenvalue weighted by atomic mass is 16.3. The first-order chi connectivity index (χ1) is 15.9. The topological polar surface area (TPSA) is 136 Å². The number of piperidine rings is 1. The zero-order chi connectivity index (χ0) is 23.7. The number of benzene rings is 1. The van der Waals surface area contributed by atoms with E-state index in [0.717, 1.165) is 30.9 Å². The van der Waals surface area contributed by atoms with E-state index in [1.807, 2.05) is 31.2 Å². The summed E-state index contributed by atoms with van der Waals surface area (Å²) in [4.78, 5) is 15.9. The molecule has 1 saturated heterocycles. The zero-order valence-electron chi connectivity index (χ0n) is 20.1. The fourth-order valence-electron chi connectivity index (χ4n) is 3.78. The predicted molar refractivity (Wildman–Crippen MR) is 135 cm³/mol. The van der Waals surface area contributed by atoms with Crippen LogP contribution in [-0.2, 0) is 0 Å². The highest BCUT2D eigenvalue weighted by Crippen LogP contribution is 2.19. The first kappa shape index (κ1) is 24.9. The molecule has 0 aliphatic carbocycles. The molecule has 10 nitrogen and oxygen atoms in total. The van der Waals surface area contributed by atoms with Crippen LogP contribution in [0.1, 0.15) is 46.0 Å². The van der Waals surface area contributed by atoms with Crippen LogP contribution < -0.4 is 27.0 Å². The average molecular weight is 458 g/mol. The monoisotopic (exact) mass is 457 g/mol. The molecule has 0 amide bonds. The maximum absolute atomic E-state index is 9.93. The summed E-state index contributed by atoms with van der Waals surface area (Å²) in [5, 5.41) is 22.6. The number of nitrogens with two attached hydrogens (primary N) is 1. The lowest BCUT2D eigenvalue weighted by Crippen LogP contribution is -2.45. The molecule has 33 heavy (non-hydrogen) atoms. The van der Waals surface area contributed by atoms with Gasteiger partial charge >= 0.3 is 0 Å². The molecule has 1 aliphatic rings. The number of rotatable bonds is 12. The van der Waals surface area contributed by atoms with Crippen molar-refractivity contribution < 1.29 is 5.11 Å². The van der Waals surface area contributed by atoms with Crippen molar-refractivity contribution in [3.8, 4) is 0 Å². The van der Waals surface area contributed by atoms with Gasteiger partial charge in [0.25, 0.3) is 0 Å². The second-order valence-electron chi connectivity index (χ2n) is 8.73. The average Bonchev–Trinajstić information content (AvgIpc) is 2.82. The van der Waals surface area contributed by atoms with Crippen molar-refractivity contribution in [1.29, 1.82) is 0 Å². The number of anilines is 5. The molecule has 2 heterocycles. The summed E-state index contributed by atoms with van der Waals surface area (Å²) >= 11 is 0. The lowest BCUT2D eigenvalue weighted by molar-refractivity contribution is 0.0566. The largest absolute Gasteiger partial charge is 0.381 e. The Morgan fingerprint density at radius 1 is 1.06 bits per heavy atom. The fourth-order valence-corrected chi connectivity index (χ4v) is 3.78. The van der Waals surface area contributed by atoms with Crippen LogP contribution >= 0.6 is 0 Å². The molecule has 7 N–H and O–H groups in total. The standard InChI is InChI=1S/C23H39N9O/c1-4-23(24,33)16-27-18-9-11-19(12-10-18)28-22-30-20(25-3)29-21(31-22)26-13-7-15-32-14-6-5-8-17(32)2/h9-12,17,27,33H,4-8,13-16,24H2,1-3H3,(H3,25,26,28,29,30,31). The van der Waals surface area contributed by atoms with Crippen molar-refractivity contribution >= 4 is 29.2 Å². The minimum absolute atomic E-state index is 0.279. The van der Waals surface area contributed by atoms with Gasteiger partial charge in [0, 0.05) is 37.6 Å². The van der Waals surface area contributed by atoms with Gasteiger partial charge in [-0.15, -0.1) is 0 Å². The second kappa shape index (κ2) is 12.0. The number of hydrogen-bond donors (Lipinski definition) is 6. The molecule has 2 unspecified atom stereocenters. The number of nitrogens with zero attached hydrogens (tertiary/aromatic N) is 4. The van der Waals surface area contributed by atoms with Crippen LogP contribution in [0.15, 0.2) is 24.3 Å². The number of nitrogens with one attached hydrogen (secondary N) is 4. The van der Waals surface area contributed by atoms with E-state index in [0.29, 0.717) is 30.3 Å². The minimum atomic E-state index is -1.22. The molecular weight excluding hydrogens is 418 g/mol. The van der Waals surface area contributed by atoms with E-state index >= 15 is 0 Å². The Kier molecular flexibility index (Phi) is 9.04. The van der Waals surface area contributed by atoms with Gasteiger partial charge in [-0.1, -0.05) is 13.3 Å². The molecule has 182 valence electrons. The minimum Gasteiger partial charge on any atom is -0.381 e. The third kappa shape index (κ3) is 7.99. The first-order valence-corrected chi connectivity index (χ1v) is 11.9.